The van der Waals surface area contributed by atoms with Gasteiger partial charge in [-0.25, -0.2) is 4.39 Å². The molecule has 4 N–H and O–H groups in total. The smallest absolute Gasteiger partial charge is 0.256 e. The molecule has 156 valence electrons. The molecule has 0 unspecified atom stereocenters. The number of carbonyl (C=O) groups is 1. The second-order valence-electron chi connectivity index (χ2n) is 6.34. The van der Waals surface area contributed by atoms with Crippen LogP contribution >= 0.6 is 0 Å². The monoisotopic (exact) mass is 410 g/mol. The fraction of sp³-hybridized carbons (Fsp3) is 0.136. The van der Waals surface area contributed by atoms with Crippen LogP contribution in [0.2, 0.25) is 0 Å². The first-order valence-electron chi connectivity index (χ1n) is 8.95. The molecule has 1 heterocycles. The molecule has 3 aromatic rings. The van der Waals surface area contributed by atoms with Crippen LogP contribution in [0.4, 0.5) is 10.1 Å². The minimum absolute atomic E-state index is 0.123. The second-order valence-corrected chi connectivity index (χ2v) is 6.34. The summed E-state index contributed by atoms with van der Waals surface area (Å²) in [6, 6.07) is 13.3. The molecule has 0 bridgehead atoms. The number of amidine groups is 1. The number of rotatable bonds is 4. The largest absolute Gasteiger partial charge is 0.497 e. The van der Waals surface area contributed by atoms with Crippen LogP contribution in [0.1, 0.15) is 27.0 Å². The van der Waals surface area contributed by atoms with Crippen LogP contribution < -0.4 is 15.8 Å². The van der Waals surface area contributed by atoms with Gasteiger partial charge in [0, 0.05) is 23.6 Å². The number of amides is 1. The number of hydrogen-bond donors (Lipinski definition) is 3. The van der Waals surface area contributed by atoms with Crippen molar-refractivity contribution in [3.8, 4) is 5.75 Å². The third-order valence-electron chi connectivity index (χ3n) is 4.13. The van der Waals surface area contributed by atoms with Crippen molar-refractivity contribution in [1.29, 1.82) is 0 Å². The number of ether oxygens (including phenoxy) is 1. The van der Waals surface area contributed by atoms with Crippen LogP contribution in [0.25, 0.3) is 0 Å². The minimum atomic E-state index is -0.490. The molecule has 0 aliphatic heterocycles. The Labute approximate surface area is 174 Å². The van der Waals surface area contributed by atoms with Crippen molar-refractivity contribution in [1.82, 2.24) is 4.98 Å². The summed E-state index contributed by atoms with van der Waals surface area (Å²) in [5.74, 6) is -0.190. The number of hydrogen-bond acceptors (Lipinski definition) is 5. The van der Waals surface area contributed by atoms with Crippen molar-refractivity contribution in [3.05, 3.63) is 89.0 Å². The van der Waals surface area contributed by atoms with Crippen LogP contribution in [0.15, 0.2) is 66.1 Å². The van der Waals surface area contributed by atoms with Crippen molar-refractivity contribution in [2.24, 2.45) is 10.9 Å². The molecule has 7 nitrogen and oxygen atoms in total. The van der Waals surface area contributed by atoms with E-state index in [4.69, 9.17) is 15.7 Å². The van der Waals surface area contributed by atoms with E-state index in [-0.39, 0.29) is 17.3 Å². The molecule has 0 aliphatic rings. The van der Waals surface area contributed by atoms with Crippen LogP contribution in [0.5, 0.6) is 5.75 Å². The highest BCUT2D eigenvalue weighted by Crippen LogP contribution is 2.18. The van der Waals surface area contributed by atoms with Gasteiger partial charge in [-0.15, -0.1) is 0 Å². The summed E-state index contributed by atoms with van der Waals surface area (Å²) in [7, 11) is 1.58. The lowest BCUT2D eigenvalue weighted by molar-refractivity contribution is 0.102. The van der Waals surface area contributed by atoms with Gasteiger partial charge in [0.05, 0.1) is 12.7 Å². The fourth-order valence-corrected chi connectivity index (χ4v) is 2.50. The Morgan fingerprint density at radius 1 is 1.10 bits per heavy atom. The first kappa shape index (κ1) is 22.4. The summed E-state index contributed by atoms with van der Waals surface area (Å²) in [5, 5.41) is 13.8. The predicted molar refractivity (Wildman–Crippen MR) is 114 cm³/mol. The van der Waals surface area contributed by atoms with E-state index in [0.29, 0.717) is 11.3 Å². The zero-order valence-electron chi connectivity index (χ0n) is 16.9. The molecule has 0 fully saturated rings. The number of aryl methyl sites for hydroxylation is 2. The van der Waals surface area contributed by atoms with Crippen LogP contribution in [-0.4, -0.2) is 29.0 Å². The standard InChI is InChI=1S/C14H14N2O2.C8H9FN2O/c1-10-3-4-12(18-2)9-13(10)14(17)16-11-5-7-15-8-6-11;1-5-2-3-7(9)6(4-5)8(10)11-12/h3-9H,1-2H3,(H,15,16,17);2-4,12H,1H3,(H2,10,11). The minimum Gasteiger partial charge on any atom is -0.497 e. The average Bonchev–Trinajstić information content (AvgIpc) is 2.76. The molecule has 0 saturated heterocycles. The summed E-state index contributed by atoms with van der Waals surface area (Å²) in [6.07, 6.45) is 3.27. The van der Waals surface area contributed by atoms with E-state index >= 15 is 0 Å². The molecule has 0 radical (unpaired) electrons. The Bertz CT molecular complexity index is 1040. The Hall–Kier alpha value is -3.94. The number of nitrogens with two attached hydrogens (primary N) is 1. The maximum absolute atomic E-state index is 12.9. The maximum Gasteiger partial charge on any atom is 0.256 e. The molecular formula is C22H23FN4O3. The Morgan fingerprint density at radius 3 is 2.43 bits per heavy atom. The Balaban J connectivity index is 0.000000232. The molecule has 0 aliphatic carbocycles. The van der Waals surface area contributed by atoms with Crippen LogP contribution in [-0.2, 0) is 0 Å². The number of anilines is 1. The van der Waals surface area contributed by atoms with Crippen molar-refractivity contribution in [2.45, 2.75) is 13.8 Å². The van der Waals surface area contributed by atoms with Crippen molar-refractivity contribution in [3.63, 3.8) is 0 Å². The number of aromatic nitrogens is 1. The number of halogens is 1. The maximum atomic E-state index is 12.9. The number of methoxy groups -OCH3 is 1. The molecular weight excluding hydrogens is 387 g/mol. The van der Waals surface area contributed by atoms with Gasteiger partial charge in [-0.3, -0.25) is 9.78 Å². The topological polar surface area (TPSA) is 110 Å². The normalized spacial score (nSPS) is 10.6. The zero-order chi connectivity index (χ0) is 22.1. The molecule has 0 saturated carbocycles. The van der Waals surface area contributed by atoms with E-state index < -0.39 is 5.82 Å². The Kier molecular flexibility index (Phi) is 7.87. The van der Waals surface area contributed by atoms with Gasteiger partial charge in [-0.05, 0) is 55.8 Å². The van der Waals surface area contributed by atoms with E-state index in [1.54, 1.807) is 50.7 Å². The molecule has 1 aromatic heterocycles. The molecule has 30 heavy (non-hydrogen) atoms. The van der Waals surface area contributed by atoms with Crippen LogP contribution in [0, 0.1) is 19.7 Å². The number of pyridine rings is 1. The third-order valence-corrected chi connectivity index (χ3v) is 4.13. The van der Waals surface area contributed by atoms with Gasteiger partial charge in [0.1, 0.15) is 11.6 Å². The number of nitrogens with one attached hydrogen (secondary N) is 1. The highest BCUT2D eigenvalue weighted by Gasteiger charge is 2.10. The van der Waals surface area contributed by atoms with Gasteiger partial charge in [0.2, 0.25) is 0 Å². The lowest BCUT2D eigenvalue weighted by Gasteiger charge is -2.09. The number of benzene rings is 2. The van der Waals surface area contributed by atoms with Gasteiger partial charge in [0.25, 0.3) is 5.91 Å². The van der Waals surface area contributed by atoms with Crippen molar-refractivity contribution in [2.75, 3.05) is 12.4 Å². The second kappa shape index (κ2) is 10.6. The average molecular weight is 410 g/mol. The predicted octanol–water partition coefficient (Wildman–Crippen LogP) is 3.88. The lowest BCUT2D eigenvalue weighted by Crippen LogP contribution is -2.15. The van der Waals surface area contributed by atoms with Crippen LogP contribution in [0.3, 0.4) is 0 Å². The molecule has 0 atom stereocenters. The van der Waals surface area contributed by atoms with E-state index in [1.165, 1.54) is 12.1 Å². The summed E-state index contributed by atoms with van der Waals surface area (Å²) in [5.41, 5.74) is 8.43. The highest BCUT2D eigenvalue weighted by molar-refractivity contribution is 6.05. The van der Waals surface area contributed by atoms with Crippen molar-refractivity contribution < 1.29 is 19.1 Å². The van der Waals surface area contributed by atoms with Gasteiger partial charge in [-0.2, -0.15) is 0 Å². The number of carbonyl (C=O) groups excluding carboxylic acids is 1. The van der Waals surface area contributed by atoms with Gasteiger partial charge >= 0.3 is 0 Å². The summed E-state index contributed by atoms with van der Waals surface area (Å²) < 4.78 is 18.1. The molecule has 1 amide bonds. The van der Waals surface area contributed by atoms with Gasteiger partial charge < -0.3 is 21.0 Å². The quantitative estimate of drug-likeness (QED) is 0.262. The molecule has 3 rings (SSSR count). The lowest BCUT2D eigenvalue weighted by atomic mass is 10.1. The van der Waals surface area contributed by atoms with Crippen molar-refractivity contribution >= 4 is 17.4 Å². The van der Waals surface area contributed by atoms with E-state index in [0.717, 1.165) is 16.8 Å². The fourth-order valence-electron chi connectivity index (χ4n) is 2.50. The SMILES string of the molecule is COc1ccc(C)c(C(=O)Nc2ccncc2)c1.Cc1ccc(F)c(C(N)=NO)c1. The summed E-state index contributed by atoms with van der Waals surface area (Å²) in [4.78, 5) is 16.0. The zero-order valence-corrected chi connectivity index (χ0v) is 16.9. The molecule has 0 spiro atoms. The number of nitrogens with zero attached hydrogens (tertiary/aromatic N) is 2. The first-order valence-corrected chi connectivity index (χ1v) is 8.95. The third kappa shape index (κ3) is 6.03. The number of oxime groups is 1. The van der Waals surface area contributed by atoms with Gasteiger partial charge in [-0.1, -0.05) is 22.9 Å². The molecule has 2 aromatic carbocycles. The van der Waals surface area contributed by atoms with E-state index in [9.17, 15) is 9.18 Å². The molecule has 8 heteroatoms. The summed E-state index contributed by atoms with van der Waals surface area (Å²) in [6.45, 7) is 3.69. The van der Waals surface area contributed by atoms with Gasteiger partial charge in [0.15, 0.2) is 5.84 Å². The highest BCUT2D eigenvalue weighted by atomic mass is 19.1. The Morgan fingerprint density at radius 2 is 1.80 bits per heavy atom. The van der Waals surface area contributed by atoms with E-state index in [1.807, 2.05) is 19.1 Å². The first-order chi connectivity index (χ1) is 14.3. The van der Waals surface area contributed by atoms with E-state index in [2.05, 4.69) is 15.5 Å². The summed E-state index contributed by atoms with van der Waals surface area (Å²) >= 11 is 0.